The Morgan fingerprint density at radius 2 is 2.29 bits per heavy atom. The summed E-state index contributed by atoms with van der Waals surface area (Å²) in [6, 6.07) is 0. The normalized spacial score (nSPS) is 35.7. The molecule has 2 atom stereocenters. The minimum Gasteiger partial charge on any atom is -0.481 e. The third-order valence-corrected chi connectivity index (χ3v) is 3.20. The largest absolute Gasteiger partial charge is 0.481 e. The molecule has 0 heterocycles. The summed E-state index contributed by atoms with van der Waals surface area (Å²) in [5, 5.41) is 18.6. The van der Waals surface area contributed by atoms with Crippen molar-refractivity contribution < 1.29 is 15.0 Å². The van der Waals surface area contributed by atoms with Crippen LogP contribution in [0.2, 0.25) is 0 Å². The van der Waals surface area contributed by atoms with Crippen LogP contribution in [0.4, 0.5) is 0 Å². The number of carbonyl (C=O) groups is 1. The first-order valence-electron chi connectivity index (χ1n) is 5.19. The first kappa shape index (κ1) is 11.2. The molecule has 1 aliphatic carbocycles. The van der Waals surface area contributed by atoms with Gasteiger partial charge in [-0.3, -0.25) is 4.79 Å². The molecule has 0 radical (unpaired) electrons. The van der Waals surface area contributed by atoms with Crippen LogP contribution in [0.5, 0.6) is 0 Å². The average molecular weight is 198 g/mol. The van der Waals surface area contributed by atoms with Crippen LogP contribution in [0.3, 0.4) is 0 Å². The highest BCUT2D eigenvalue weighted by Crippen LogP contribution is 2.35. The smallest absolute Gasteiger partial charge is 0.309 e. The highest BCUT2D eigenvalue weighted by molar-refractivity contribution is 5.74. The van der Waals surface area contributed by atoms with E-state index in [2.05, 4.69) is 0 Å². The number of aliphatic carboxylic acids is 1. The molecule has 0 aliphatic heterocycles. The molecule has 1 rings (SSSR count). The Hall–Kier alpha value is -0.830. The van der Waals surface area contributed by atoms with Gasteiger partial charge in [0.15, 0.2) is 0 Å². The Kier molecular flexibility index (Phi) is 3.69. The number of carboxylic acid groups (broad SMARTS) is 1. The van der Waals surface area contributed by atoms with Crippen molar-refractivity contribution in [2.75, 3.05) is 0 Å². The van der Waals surface area contributed by atoms with Gasteiger partial charge in [-0.1, -0.05) is 19.1 Å². The maximum absolute atomic E-state index is 11.2. The number of aliphatic hydroxyl groups is 1. The first-order chi connectivity index (χ1) is 6.60. The van der Waals surface area contributed by atoms with Crippen molar-refractivity contribution in [3.05, 3.63) is 12.2 Å². The fourth-order valence-electron chi connectivity index (χ4n) is 1.98. The second kappa shape index (κ2) is 4.60. The molecule has 80 valence electrons. The summed E-state index contributed by atoms with van der Waals surface area (Å²) in [6.07, 6.45) is 6.38. The zero-order chi connectivity index (χ0) is 10.6. The molecule has 2 N–H and O–H groups in total. The molecule has 3 heteroatoms. The van der Waals surface area contributed by atoms with E-state index in [1.54, 1.807) is 6.08 Å². The number of aliphatic hydroxyl groups excluding tert-OH is 1. The molecule has 0 aromatic heterocycles. The van der Waals surface area contributed by atoms with Gasteiger partial charge in [0, 0.05) is 0 Å². The molecular formula is C11H18O3. The zero-order valence-electron chi connectivity index (χ0n) is 8.57. The zero-order valence-corrected chi connectivity index (χ0v) is 8.57. The molecule has 0 fully saturated rings. The van der Waals surface area contributed by atoms with Crippen LogP contribution in [0.15, 0.2) is 12.2 Å². The predicted octanol–water partition coefficient (Wildman–Crippen LogP) is 1.96. The van der Waals surface area contributed by atoms with Gasteiger partial charge in [-0.15, -0.1) is 0 Å². The topological polar surface area (TPSA) is 57.5 Å². The van der Waals surface area contributed by atoms with Crippen molar-refractivity contribution in [1.29, 1.82) is 0 Å². The number of rotatable bonds is 2. The van der Waals surface area contributed by atoms with Gasteiger partial charge in [0.1, 0.15) is 0 Å². The van der Waals surface area contributed by atoms with Gasteiger partial charge >= 0.3 is 5.97 Å². The van der Waals surface area contributed by atoms with Crippen LogP contribution in [-0.4, -0.2) is 22.3 Å². The van der Waals surface area contributed by atoms with Crippen molar-refractivity contribution in [2.24, 2.45) is 5.41 Å². The third kappa shape index (κ3) is 2.35. The number of allylic oxidation sites excluding steroid dienone is 1. The van der Waals surface area contributed by atoms with Gasteiger partial charge in [0.2, 0.25) is 0 Å². The lowest BCUT2D eigenvalue weighted by Gasteiger charge is -2.29. The van der Waals surface area contributed by atoms with Crippen LogP contribution in [0.1, 0.15) is 39.0 Å². The van der Waals surface area contributed by atoms with Gasteiger partial charge in [0.25, 0.3) is 0 Å². The van der Waals surface area contributed by atoms with Crippen molar-refractivity contribution in [3.8, 4) is 0 Å². The molecule has 0 saturated heterocycles. The van der Waals surface area contributed by atoms with Crippen LogP contribution in [-0.2, 0) is 4.79 Å². The number of hydrogen-bond donors (Lipinski definition) is 2. The second-order valence-corrected chi connectivity index (χ2v) is 4.01. The molecule has 2 unspecified atom stereocenters. The van der Waals surface area contributed by atoms with Crippen molar-refractivity contribution >= 4 is 5.97 Å². The summed E-state index contributed by atoms with van der Waals surface area (Å²) in [7, 11) is 0. The summed E-state index contributed by atoms with van der Waals surface area (Å²) in [6.45, 7) is 1.91. The predicted molar refractivity (Wildman–Crippen MR) is 54.0 cm³/mol. The second-order valence-electron chi connectivity index (χ2n) is 4.01. The van der Waals surface area contributed by atoms with E-state index in [1.807, 2.05) is 13.0 Å². The highest BCUT2D eigenvalue weighted by Gasteiger charge is 2.36. The van der Waals surface area contributed by atoms with Gasteiger partial charge in [-0.05, 0) is 32.1 Å². The van der Waals surface area contributed by atoms with E-state index in [4.69, 9.17) is 0 Å². The summed E-state index contributed by atoms with van der Waals surface area (Å²) in [4.78, 5) is 11.2. The van der Waals surface area contributed by atoms with E-state index in [9.17, 15) is 15.0 Å². The summed E-state index contributed by atoms with van der Waals surface area (Å²) in [5.74, 6) is -0.720. The Bertz CT molecular complexity index is 235. The van der Waals surface area contributed by atoms with Gasteiger partial charge < -0.3 is 10.2 Å². The Morgan fingerprint density at radius 1 is 1.57 bits per heavy atom. The molecule has 0 saturated carbocycles. The number of hydrogen-bond acceptors (Lipinski definition) is 2. The van der Waals surface area contributed by atoms with E-state index >= 15 is 0 Å². The SMILES string of the molecule is CCC1(C(=O)O)CC/C=C\C(O)CC1. The minimum atomic E-state index is -0.720. The van der Waals surface area contributed by atoms with Crippen LogP contribution in [0, 0.1) is 5.41 Å². The van der Waals surface area contributed by atoms with Crippen molar-refractivity contribution in [2.45, 2.75) is 45.1 Å². The Morgan fingerprint density at radius 3 is 2.86 bits per heavy atom. The monoisotopic (exact) mass is 198 g/mol. The lowest BCUT2D eigenvalue weighted by molar-refractivity contribution is -0.150. The molecule has 3 nitrogen and oxygen atoms in total. The van der Waals surface area contributed by atoms with Gasteiger partial charge in [-0.25, -0.2) is 0 Å². The van der Waals surface area contributed by atoms with E-state index in [-0.39, 0.29) is 0 Å². The Balaban J connectivity index is 2.77. The van der Waals surface area contributed by atoms with Crippen LogP contribution < -0.4 is 0 Å². The lowest BCUT2D eigenvalue weighted by Crippen LogP contribution is -2.32. The molecule has 0 aromatic rings. The highest BCUT2D eigenvalue weighted by atomic mass is 16.4. The molecular weight excluding hydrogens is 180 g/mol. The van der Waals surface area contributed by atoms with Crippen molar-refractivity contribution in [3.63, 3.8) is 0 Å². The molecule has 0 aromatic carbocycles. The lowest BCUT2D eigenvalue weighted by atomic mass is 9.75. The number of carboxylic acids is 1. The van der Waals surface area contributed by atoms with E-state index < -0.39 is 17.5 Å². The van der Waals surface area contributed by atoms with Crippen LogP contribution >= 0.6 is 0 Å². The minimum absolute atomic E-state index is 0.472. The summed E-state index contributed by atoms with van der Waals surface area (Å²) < 4.78 is 0. The van der Waals surface area contributed by atoms with Gasteiger partial charge in [-0.2, -0.15) is 0 Å². The fourth-order valence-corrected chi connectivity index (χ4v) is 1.98. The molecule has 0 spiro atoms. The summed E-state index contributed by atoms with van der Waals surface area (Å²) >= 11 is 0. The van der Waals surface area contributed by atoms with E-state index in [1.165, 1.54) is 0 Å². The molecule has 1 aliphatic rings. The Labute approximate surface area is 84.4 Å². The van der Waals surface area contributed by atoms with E-state index in [0.717, 1.165) is 6.42 Å². The third-order valence-electron chi connectivity index (χ3n) is 3.20. The van der Waals surface area contributed by atoms with E-state index in [0.29, 0.717) is 25.7 Å². The summed E-state index contributed by atoms with van der Waals surface area (Å²) in [5.41, 5.74) is -0.619. The first-order valence-corrected chi connectivity index (χ1v) is 5.19. The van der Waals surface area contributed by atoms with Crippen LogP contribution in [0.25, 0.3) is 0 Å². The fraction of sp³-hybridized carbons (Fsp3) is 0.727. The molecule has 0 amide bonds. The molecule has 14 heavy (non-hydrogen) atoms. The van der Waals surface area contributed by atoms with Gasteiger partial charge in [0.05, 0.1) is 11.5 Å². The maximum Gasteiger partial charge on any atom is 0.309 e. The average Bonchev–Trinajstić information content (AvgIpc) is 2.13. The maximum atomic E-state index is 11.2. The standard InChI is InChI=1S/C11H18O3/c1-2-11(10(13)14)7-4-3-5-9(12)6-8-11/h3,5,9,12H,2,4,6-8H2,1H3,(H,13,14)/b5-3-. The molecule has 0 bridgehead atoms. The quantitative estimate of drug-likeness (QED) is 0.667. The van der Waals surface area contributed by atoms with Crippen molar-refractivity contribution in [1.82, 2.24) is 0 Å².